The Bertz CT molecular complexity index is 1660. The predicted molar refractivity (Wildman–Crippen MR) is 325 cm³/mol. The number of rotatable bonds is 21. The van der Waals surface area contributed by atoms with Crippen molar-refractivity contribution in [2.75, 3.05) is 0 Å². The molecule has 0 spiro atoms. The molecule has 4 unspecified atom stereocenters. The second-order valence-corrected chi connectivity index (χ2v) is 20.7. The van der Waals surface area contributed by atoms with Gasteiger partial charge in [0, 0.05) is 12.2 Å². The highest BCUT2D eigenvalue weighted by Crippen LogP contribution is 2.29. The number of carbonyl (C=O) groups is 4. The zero-order valence-electron chi connectivity index (χ0n) is 44.8. The first kappa shape index (κ1) is 92.0. The number of aromatic hydroxyl groups is 1. The van der Waals surface area contributed by atoms with E-state index in [1.807, 2.05) is 67.5 Å². The van der Waals surface area contributed by atoms with Gasteiger partial charge in [-0.2, -0.15) is 0 Å². The molecule has 0 fully saturated rings. The molecule has 0 aliphatic carbocycles. The number of ether oxygens (including phenoxy) is 5. The monoisotopic (exact) mass is 1050 g/mol. The van der Waals surface area contributed by atoms with Crippen LogP contribution in [-0.2, 0) is 38.1 Å². The van der Waals surface area contributed by atoms with E-state index in [1.165, 1.54) is 17.5 Å². The van der Waals surface area contributed by atoms with Crippen LogP contribution in [0.5, 0.6) is 11.5 Å². The maximum Gasteiger partial charge on any atom is 0.330 e. The Morgan fingerprint density at radius 1 is 0.459 bits per heavy atom. The first-order valence-electron chi connectivity index (χ1n) is 24.0. The van der Waals surface area contributed by atoms with E-state index in [0.717, 1.165) is 37.2 Å². The standard InChI is InChI=1S/C18H34O4.C14H22O4.C14H22O.C10H14O.8CH4/c1-9-13(3)15(19)21-17(5,6)11-12-18(7,8)22-16(20)14(4)10-2;1-7-11(15)17-13(3,4)9-10-14(5,6)18-12(16)8-2;1-6-11(2)12-7-9-13(10-8-12)15-14(3,4)5;1-3-8(2)9-4-6-10(11)7-5-9;;;;;;;;/h13-14H,9-12H2,1-8H3;7-8H,1-2,9-10H2,3-6H3;7-11H,6H2,1-5H3;4-8,11H,3H2,1-2H3;8*1H4. The summed E-state index contributed by atoms with van der Waals surface area (Å²) in [5.74, 6) is 1.10. The molecule has 0 aliphatic rings. The van der Waals surface area contributed by atoms with Gasteiger partial charge in [-0.25, -0.2) is 9.59 Å². The Morgan fingerprint density at radius 3 is 0.946 bits per heavy atom. The van der Waals surface area contributed by atoms with E-state index in [9.17, 15) is 19.2 Å². The highest BCUT2D eigenvalue weighted by atomic mass is 16.6. The molecular weight excluding hydrogens is 929 g/mol. The average Bonchev–Trinajstić information content (AvgIpc) is 3.24. The molecule has 0 saturated heterocycles. The van der Waals surface area contributed by atoms with Crippen molar-refractivity contribution in [1.82, 2.24) is 0 Å². The lowest BCUT2D eigenvalue weighted by atomic mass is 9.93. The van der Waals surface area contributed by atoms with Gasteiger partial charge in [-0.15, -0.1) is 0 Å². The Morgan fingerprint density at radius 2 is 0.716 bits per heavy atom. The molecule has 2 rings (SSSR count). The molecule has 0 aromatic heterocycles. The summed E-state index contributed by atoms with van der Waals surface area (Å²) in [5.41, 5.74) is 0.217. The molecule has 0 radical (unpaired) electrons. The Hall–Kier alpha value is -4.60. The highest BCUT2D eigenvalue weighted by molar-refractivity contribution is 5.82. The molecule has 0 heterocycles. The summed E-state index contributed by atoms with van der Waals surface area (Å²) in [6.45, 7) is 44.2. The number of carbonyl (C=O) groups excluding carboxylic acids is 4. The van der Waals surface area contributed by atoms with Crippen LogP contribution in [0.25, 0.3) is 0 Å². The van der Waals surface area contributed by atoms with E-state index in [1.54, 1.807) is 39.8 Å². The van der Waals surface area contributed by atoms with E-state index in [-0.39, 0.29) is 88.8 Å². The minimum atomic E-state index is -0.622. The number of hydrogen-bond donors (Lipinski definition) is 1. The average molecular weight is 1050 g/mol. The number of esters is 4. The maximum absolute atomic E-state index is 11.9. The number of benzene rings is 2. The van der Waals surface area contributed by atoms with Gasteiger partial charge in [0.25, 0.3) is 0 Å². The molecule has 10 heteroatoms. The molecule has 2 aromatic rings. The SMILES string of the molecule is C.C.C.C.C.C.C.C.C=CC(=O)OC(C)(C)CCC(C)(C)OC(=O)C=C.CCC(C)C(=O)OC(C)(C)CCC(C)(C)OC(=O)C(C)CC.CCC(C)c1ccc(O)cc1.CCC(C)c1ccc(OC(C)(C)C)cc1. The van der Waals surface area contributed by atoms with E-state index in [4.69, 9.17) is 28.8 Å². The first-order chi connectivity index (χ1) is 30.2. The molecule has 0 bridgehead atoms. The van der Waals surface area contributed by atoms with Gasteiger partial charge in [0.2, 0.25) is 0 Å². The van der Waals surface area contributed by atoms with Crippen LogP contribution < -0.4 is 4.74 Å². The minimum Gasteiger partial charge on any atom is -0.508 e. The van der Waals surface area contributed by atoms with Gasteiger partial charge < -0.3 is 28.8 Å². The highest BCUT2D eigenvalue weighted by Gasteiger charge is 2.32. The van der Waals surface area contributed by atoms with Crippen molar-refractivity contribution in [2.45, 2.75) is 282 Å². The van der Waals surface area contributed by atoms with Crippen LogP contribution in [0, 0.1) is 11.8 Å². The number of phenols is 1. The lowest BCUT2D eigenvalue weighted by molar-refractivity contribution is -0.168. The van der Waals surface area contributed by atoms with Gasteiger partial charge in [0.1, 0.15) is 39.5 Å². The number of phenolic OH excluding ortho intramolecular Hbond substituents is 1. The normalized spacial score (nSPS) is 12.0. The minimum absolute atomic E-state index is 0. The predicted octanol–water partition coefficient (Wildman–Crippen LogP) is 19.7. The van der Waals surface area contributed by atoms with Crippen molar-refractivity contribution in [3.8, 4) is 11.5 Å². The summed E-state index contributed by atoms with van der Waals surface area (Å²) in [6.07, 6.45) is 8.57. The first-order valence-corrected chi connectivity index (χ1v) is 24.0. The lowest BCUT2D eigenvalue weighted by Crippen LogP contribution is -2.36. The van der Waals surface area contributed by atoms with Gasteiger partial charge >= 0.3 is 23.9 Å². The lowest BCUT2D eigenvalue weighted by Gasteiger charge is -2.32. The van der Waals surface area contributed by atoms with E-state index in [2.05, 4.69) is 85.9 Å². The maximum atomic E-state index is 11.9. The third-order valence-corrected chi connectivity index (χ3v) is 11.1. The van der Waals surface area contributed by atoms with Gasteiger partial charge in [0.05, 0.1) is 11.8 Å². The third kappa shape index (κ3) is 43.8. The van der Waals surface area contributed by atoms with E-state index in [0.29, 0.717) is 43.3 Å². The van der Waals surface area contributed by atoms with Crippen molar-refractivity contribution >= 4 is 23.9 Å². The molecule has 440 valence electrons. The van der Waals surface area contributed by atoms with Crippen molar-refractivity contribution in [3.05, 3.63) is 85.0 Å². The molecule has 2 aromatic carbocycles. The van der Waals surface area contributed by atoms with Crippen LogP contribution in [0.1, 0.15) is 265 Å². The zero-order valence-corrected chi connectivity index (χ0v) is 44.8. The topological polar surface area (TPSA) is 135 Å². The molecule has 0 saturated carbocycles. The fourth-order valence-electron chi connectivity index (χ4n) is 5.61. The second kappa shape index (κ2) is 43.6. The van der Waals surface area contributed by atoms with Crippen molar-refractivity contribution in [2.24, 2.45) is 11.8 Å². The molecule has 1 N–H and O–H groups in total. The summed E-state index contributed by atoms with van der Waals surface area (Å²) in [6, 6.07) is 15.9. The van der Waals surface area contributed by atoms with Crippen LogP contribution >= 0.6 is 0 Å². The van der Waals surface area contributed by atoms with Crippen LogP contribution in [0.15, 0.2) is 73.8 Å². The third-order valence-electron chi connectivity index (χ3n) is 11.1. The Kier molecular flexibility index (Phi) is 54.2. The molecule has 74 heavy (non-hydrogen) atoms. The van der Waals surface area contributed by atoms with Crippen molar-refractivity contribution in [1.29, 1.82) is 0 Å². The van der Waals surface area contributed by atoms with E-state index >= 15 is 0 Å². The van der Waals surface area contributed by atoms with Crippen LogP contribution in [0.3, 0.4) is 0 Å². The fourth-order valence-corrected chi connectivity index (χ4v) is 5.61. The van der Waals surface area contributed by atoms with Crippen molar-refractivity contribution in [3.63, 3.8) is 0 Å². The second-order valence-electron chi connectivity index (χ2n) is 20.7. The van der Waals surface area contributed by atoms with Crippen molar-refractivity contribution < 1.29 is 48.0 Å². The summed E-state index contributed by atoms with van der Waals surface area (Å²) in [5, 5.41) is 9.01. The van der Waals surface area contributed by atoms with Crippen LogP contribution in [0.2, 0.25) is 0 Å². The smallest absolute Gasteiger partial charge is 0.330 e. The summed E-state index contributed by atoms with van der Waals surface area (Å²) < 4.78 is 27.3. The quantitative estimate of drug-likeness (QED) is 0.0731. The summed E-state index contributed by atoms with van der Waals surface area (Å²) >= 11 is 0. The van der Waals surface area contributed by atoms with Crippen LogP contribution in [-0.4, -0.2) is 57.0 Å². The Balaban J connectivity index is -0.0000000909. The van der Waals surface area contributed by atoms with E-state index < -0.39 is 34.3 Å². The summed E-state index contributed by atoms with van der Waals surface area (Å²) in [4.78, 5) is 46.1. The molecule has 0 amide bonds. The molecule has 10 nitrogen and oxygen atoms in total. The zero-order chi connectivity index (χ0) is 51.7. The van der Waals surface area contributed by atoms with Crippen LogP contribution in [0.4, 0.5) is 0 Å². The fraction of sp³-hybridized carbons (Fsp3) is 0.688. The molecule has 0 aliphatic heterocycles. The molecule has 4 atom stereocenters. The van der Waals surface area contributed by atoms with Gasteiger partial charge in [-0.05, 0) is 175 Å². The van der Waals surface area contributed by atoms with Gasteiger partial charge in [-0.3, -0.25) is 9.59 Å². The van der Waals surface area contributed by atoms with Gasteiger partial charge in [0.15, 0.2) is 0 Å². The largest absolute Gasteiger partial charge is 0.508 e. The Labute approximate surface area is 460 Å². The molecular formula is C64H124O10. The summed E-state index contributed by atoms with van der Waals surface area (Å²) in [7, 11) is 0. The number of hydrogen-bond acceptors (Lipinski definition) is 10. The van der Waals surface area contributed by atoms with Gasteiger partial charge in [-0.1, -0.05) is 152 Å².